The van der Waals surface area contributed by atoms with Gasteiger partial charge < -0.3 is 5.32 Å². The normalized spacial score (nSPS) is 21.8. The summed E-state index contributed by atoms with van der Waals surface area (Å²) in [6.45, 7) is 0.759. The highest BCUT2D eigenvalue weighted by Gasteiger charge is 2.21. The van der Waals surface area contributed by atoms with Gasteiger partial charge in [-0.3, -0.25) is 4.79 Å². The molecule has 1 saturated heterocycles. The molecule has 1 amide bonds. The van der Waals surface area contributed by atoms with Crippen molar-refractivity contribution in [1.29, 1.82) is 0 Å². The number of amides is 1. The number of halogens is 1. The van der Waals surface area contributed by atoms with Crippen LogP contribution in [0.1, 0.15) is 24.3 Å². The lowest BCUT2D eigenvalue weighted by atomic mass is 9.90. The predicted octanol–water partition coefficient (Wildman–Crippen LogP) is 2.33. The van der Waals surface area contributed by atoms with E-state index in [1.165, 1.54) is 0 Å². The van der Waals surface area contributed by atoms with E-state index in [1.54, 1.807) is 0 Å². The molecular weight excluding hydrogens is 198 g/mol. The summed E-state index contributed by atoms with van der Waals surface area (Å²) in [5.74, 6) is 0.415. The maximum Gasteiger partial charge on any atom is 0.220 e. The Labute approximate surface area is 88.3 Å². The fourth-order valence-electron chi connectivity index (χ4n) is 1.86. The monoisotopic (exact) mass is 209 g/mol. The van der Waals surface area contributed by atoms with Gasteiger partial charge in [0.05, 0.1) is 0 Å². The molecule has 1 fully saturated rings. The summed E-state index contributed by atoms with van der Waals surface area (Å²) < 4.78 is 0. The summed E-state index contributed by atoms with van der Waals surface area (Å²) >= 11 is 6.07. The third-order valence-electron chi connectivity index (χ3n) is 2.59. The van der Waals surface area contributed by atoms with Crippen LogP contribution in [0.2, 0.25) is 5.02 Å². The molecule has 0 unspecified atom stereocenters. The quantitative estimate of drug-likeness (QED) is 0.756. The molecule has 2 nitrogen and oxygen atoms in total. The average Bonchev–Trinajstić information content (AvgIpc) is 2.18. The second-order valence-electron chi connectivity index (χ2n) is 3.56. The highest BCUT2D eigenvalue weighted by molar-refractivity contribution is 6.31. The maximum absolute atomic E-state index is 11.2. The molecule has 0 aliphatic carbocycles. The summed E-state index contributed by atoms with van der Waals surface area (Å²) in [7, 11) is 0. The van der Waals surface area contributed by atoms with Crippen LogP contribution in [0.5, 0.6) is 0 Å². The minimum Gasteiger partial charge on any atom is -0.356 e. The first-order chi connectivity index (χ1) is 6.77. The zero-order chi connectivity index (χ0) is 9.97. The van der Waals surface area contributed by atoms with Crippen LogP contribution in [0.3, 0.4) is 0 Å². The van der Waals surface area contributed by atoms with Crippen LogP contribution in [-0.4, -0.2) is 12.5 Å². The molecule has 1 aromatic rings. The number of benzene rings is 1. The van der Waals surface area contributed by atoms with E-state index < -0.39 is 0 Å². The first-order valence-corrected chi connectivity index (χ1v) is 5.16. The average molecular weight is 210 g/mol. The minimum atomic E-state index is 0.126. The van der Waals surface area contributed by atoms with E-state index in [0.717, 1.165) is 23.6 Å². The van der Waals surface area contributed by atoms with E-state index in [1.807, 2.05) is 24.3 Å². The molecule has 0 spiro atoms. The van der Waals surface area contributed by atoms with Crippen molar-refractivity contribution in [2.75, 3.05) is 6.54 Å². The number of nitrogens with one attached hydrogen (secondary N) is 1. The second kappa shape index (κ2) is 4.01. The number of hydrogen-bond acceptors (Lipinski definition) is 1. The van der Waals surface area contributed by atoms with Gasteiger partial charge in [0.15, 0.2) is 0 Å². The number of rotatable bonds is 1. The Morgan fingerprint density at radius 1 is 1.36 bits per heavy atom. The van der Waals surface area contributed by atoms with Crippen molar-refractivity contribution < 1.29 is 4.79 Å². The lowest BCUT2D eigenvalue weighted by Gasteiger charge is -2.23. The smallest absolute Gasteiger partial charge is 0.220 e. The van der Waals surface area contributed by atoms with Crippen molar-refractivity contribution in [1.82, 2.24) is 5.32 Å². The van der Waals surface area contributed by atoms with Gasteiger partial charge in [0.2, 0.25) is 5.91 Å². The lowest BCUT2D eigenvalue weighted by Crippen LogP contribution is -2.32. The summed E-state index contributed by atoms with van der Waals surface area (Å²) in [5, 5.41) is 3.59. The molecule has 3 heteroatoms. The number of carbonyl (C=O) groups excluding carboxylic acids is 1. The molecule has 1 atom stereocenters. The van der Waals surface area contributed by atoms with E-state index in [0.29, 0.717) is 6.42 Å². The van der Waals surface area contributed by atoms with Crippen LogP contribution >= 0.6 is 11.6 Å². The Kier molecular flexibility index (Phi) is 2.73. The molecule has 1 aliphatic heterocycles. The van der Waals surface area contributed by atoms with Crippen LogP contribution in [-0.2, 0) is 4.79 Å². The SMILES string of the molecule is O=C1C[C@@H](c2ccccc2Cl)CCN1. The molecule has 1 aliphatic rings. The van der Waals surface area contributed by atoms with Crippen molar-refractivity contribution in [3.8, 4) is 0 Å². The number of hydrogen-bond donors (Lipinski definition) is 1. The fraction of sp³-hybridized carbons (Fsp3) is 0.364. The van der Waals surface area contributed by atoms with Gasteiger partial charge in [0.1, 0.15) is 0 Å². The van der Waals surface area contributed by atoms with Crippen LogP contribution in [0.25, 0.3) is 0 Å². The first-order valence-electron chi connectivity index (χ1n) is 4.78. The third-order valence-corrected chi connectivity index (χ3v) is 2.94. The van der Waals surface area contributed by atoms with Crippen LogP contribution in [0.4, 0.5) is 0 Å². The number of carbonyl (C=O) groups is 1. The molecule has 1 N–H and O–H groups in total. The van der Waals surface area contributed by atoms with E-state index in [4.69, 9.17) is 11.6 Å². The van der Waals surface area contributed by atoms with Gasteiger partial charge in [-0.2, -0.15) is 0 Å². The van der Waals surface area contributed by atoms with Crippen LogP contribution in [0.15, 0.2) is 24.3 Å². The van der Waals surface area contributed by atoms with E-state index >= 15 is 0 Å². The van der Waals surface area contributed by atoms with Crippen molar-refractivity contribution >= 4 is 17.5 Å². The van der Waals surface area contributed by atoms with Gasteiger partial charge in [-0.15, -0.1) is 0 Å². The van der Waals surface area contributed by atoms with Gasteiger partial charge in [-0.25, -0.2) is 0 Å². The summed E-state index contributed by atoms with van der Waals surface area (Å²) in [5.41, 5.74) is 1.10. The van der Waals surface area contributed by atoms with Crippen molar-refractivity contribution in [2.45, 2.75) is 18.8 Å². The van der Waals surface area contributed by atoms with Gasteiger partial charge in [0, 0.05) is 18.0 Å². The minimum absolute atomic E-state index is 0.126. The fourth-order valence-corrected chi connectivity index (χ4v) is 2.15. The van der Waals surface area contributed by atoms with E-state index in [2.05, 4.69) is 5.32 Å². The highest BCUT2D eigenvalue weighted by atomic mass is 35.5. The molecule has 74 valence electrons. The third kappa shape index (κ3) is 1.90. The molecule has 14 heavy (non-hydrogen) atoms. The number of piperidine rings is 1. The summed E-state index contributed by atoms with van der Waals surface area (Å²) in [6, 6.07) is 7.76. The molecule has 1 heterocycles. The van der Waals surface area contributed by atoms with Crippen LogP contribution < -0.4 is 5.32 Å². The summed E-state index contributed by atoms with van der Waals surface area (Å²) in [6.07, 6.45) is 1.54. The van der Waals surface area contributed by atoms with Gasteiger partial charge >= 0.3 is 0 Å². The van der Waals surface area contributed by atoms with Gasteiger partial charge in [-0.1, -0.05) is 29.8 Å². The Balaban J connectivity index is 2.22. The Hall–Kier alpha value is -1.02. The zero-order valence-corrected chi connectivity index (χ0v) is 8.55. The van der Waals surface area contributed by atoms with Gasteiger partial charge in [-0.05, 0) is 24.0 Å². The van der Waals surface area contributed by atoms with Gasteiger partial charge in [0.25, 0.3) is 0 Å². The van der Waals surface area contributed by atoms with Crippen LogP contribution in [0, 0.1) is 0 Å². The van der Waals surface area contributed by atoms with Crippen molar-refractivity contribution in [3.63, 3.8) is 0 Å². The molecule has 0 saturated carbocycles. The standard InChI is InChI=1S/C11H12ClNO/c12-10-4-2-1-3-9(10)8-5-6-13-11(14)7-8/h1-4,8H,5-7H2,(H,13,14)/t8-/m0/s1. The predicted molar refractivity (Wildman–Crippen MR) is 56.4 cm³/mol. The van der Waals surface area contributed by atoms with E-state index in [-0.39, 0.29) is 11.8 Å². The van der Waals surface area contributed by atoms with E-state index in [9.17, 15) is 4.79 Å². The maximum atomic E-state index is 11.2. The Bertz CT molecular complexity index is 351. The highest BCUT2D eigenvalue weighted by Crippen LogP contribution is 2.30. The molecule has 0 radical (unpaired) electrons. The molecule has 0 bridgehead atoms. The first kappa shape index (κ1) is 9.53. The molecule has 0 aromatic heterocycles. The Morgan fingerprint density at radius 2 is 2.14 bits per heavy atom. The molecule has 1 aromatic carbocycles. The second-order valence-corrected chi connectivity index (χ2v) is 3.97. The Morgan fingerprint density at radius 3 is 2.86 bits per heavy atom. The summed E-state index contributed by atoms with van der Waals surface area (Å²) in [4.78, 5) is 11.2. The molecular formula is C11H12ClNO. The largest absolute Gasteiger partial charge is 0.356 e. The lowest BCUT2D eigenvalue weighted by molar-refractivity contribution is -0.122. The topological polar surface area (TPSA) is 29.1 Å². The molecule has 2 rings (SSSR count). The van der Waals surface area contributed by atoms with Crippen molar-refractivity contribution in [3.05, 3.63) is 34.9 Å². The van der Waals surface area contributed by atoms with Crippen molar-refractivity contribution in [2.24, 2.45) is 0 Å². The zero-order valence-electron chi connectivity index (χ0n) is 7.79.